The molecule has 2 unspecified atom stereocenters. The number of carbonyl (C=O) groups is 1. The van der Waals surface area contributed by atoms with Crippen LogP contribution in [0.3, 0.4) is 0 Å². The summed E-state index contributed by atoms with van der Waals surface area (Å²) >= 11 is 7.41. The van der Waals surface area contributed by atoms with Crippen molar-refractivity contribution in [3.8, 4) is 22.0 Å². The van der Waals surface area contributed by atoms with Gasteiger partial charge in [0.1, 0.15) is 16.4 Å². The molecule has 3 fully saturated rings. The van der Waals surface area contributed by atoms with E-state index in [-0.39, 0.29) is 34.3 Å². The fourth-order valence-corrected chi connectivity index (χ4v) is 6.59. The van der Waals surface area contributed by atoms with E-state index in [1.165, 1.54) is 17.5 Å². The number of anilines is 1. The smallest absolute Gasteiger partial charge is 0.308 e. The average Bonchev–Trinajstić information content (AvgIpc) is 3.46. The Morgan fingerprint density at radius 1 is 1.20 bits per heavy atom. The van der Waals surface area contributed by atoms with E-state index in [4.69, 9.17) is 11.6 Å². The minimum absolute atomic E-state index is 0.0103. The number of aryl methyl sites for hydroxylation is 1. The molecule has 7 rings (SSSR count). The summed E-state index contributed by atoms with van der Waals surface area (Å²) in [6, 6.07) is 3.35. The van der Waals surface area contributed by atoms with Crippen LogP contribution in [0.15, 0.2) is 24.5 Å². The number of aromatic amines is 1. The molecule has 8 nitrogen and oxygen atoms in total. The maximum atomic E-state index is 15.9. The van der Waals surface area contributed by atoms with Crippen molar-refractivity contribution in [3.05, 3.63) is 40.4 Å². The SMILES string of the molecule is Cc1ccc(-c2nc(-c3c[nH]c4nc(Cl)cnc34)nc(NC3C4CCC(CC4)C3C(=O)O)c2F)s1. The molecule has 2 atom stereocenters. The number of carboxylic acids is 1. The Bertz CT molecular complexity index is 1450. The van der Waals surface area contributed by atoms with Gasteiger partial charge in [-0.2, -0.15) is 0 Å². The van der Waals surface area contributed by atoms with Gasteiger partial charge in [-0.15, -0.1) is 11.3 Å². The molecule has 3 aliphatic rings. The van der Waals surface area contributed by atoms with E-state index in [9.17, 15) is 9.90 Å². The number of hydrogen-bond donors (Lipinski definition) is 3. The second kappa shape index (κ2) is 8.53. The third kappa shape index (κ3) is 3.84. The Morgan fingerprint density at radius 3 is 2.69 bits per heavy atom. The molecule has 4 aromatic rings. The number of halogens is 2. The van der Waals surface area contributed by atoms with Crippen LogP contribution in [-0.2, 0) is 4.79 Å². The zero-order valence-electron chi connectivity index (χ0n) is 18.8. The van der Waals surface area contributed by atoms with Crippen molar-refractivity contribution in [1.82, 2.24) is 24.9 Å². The third-order valence-corrected chi connectivity index (χ3v) is 8.41. The lowest BCUT2D eigenvalue weighted by molar-refractivity contribution is -0.148. The van der Waals surface area contributed by atoms with Crippen molar-refractivity contribution < 1.29 is 14.3 Å². The van der Waals surface area contributed by atoms with Gasteiger partial charge in [0, 0.05) is 17.1 Å². The van der Waals surface area contributed by atoms with Crippen LogP contribution in [0.5, 0.6) is 0 Å². The molecule has 0 amide bonds. The first-order chi connectivity index (χ1) is 16.9. The van der Waals surface area contributed by atoms with Crippen LogP contribution in [0.2, 0.25) is 5.15 Å². The molecule has 3 N–H and O–H groups in total. The Balaban J connectivity index is 1.49. The second-order valence-electron chi connectivity index (χ2n) is 9.27. The largest absolute Gasteiger partial charge is 0.481 e. The van der Waals surface area contributed by atoms with E-state index < -0.39 is 23.7 Å². The number of H-pyrrole nitrogens is 1. The van der Waals surface area contributed by atoms with Crippen molar-refractivity contribution in [3.63, 3.8) is 0 Å². The van der Waals surface area contributed by atoms with Crippen LogP contribution in [0.25, 0.3) is 33.1 Å². The number of fused-ring (bicyclic) bond motifs is 4. The summed E-state index contributed by atoms with van der Waals surface area (Å²) in [6.07, 6.45) is 6.76. The van der Waals surface area contributed by atoms with E-state index in [0.29, 0.717) is 21.6 Å². The molecule has 4 aromatic heterocycles. The molecule has 0 spiro atoms. The fourth-order valence-electron chi connectivity index (χ4n) is 5.60. The van der Waals surface area contributed by atoms with Crippen molar-refractivity contribution in [1.29, 1.82) is 0 Å². The van der Waals surface area contributed by atoms with Gasteiger partial charge in [-0.05, 0) is 56.6 Å². The molecule has 180 valence electrons. The molecule has 35 heavy (non-hydrogen) atoms. The molecule has 0 radical (unpaired) electrons. The van der Waals surface area contributed by atoms with Crippen LogP contribution in [-0.4, -0.2) is 42.0 Å². The van der Waals surface area contributed by atoms with Crippen LogP contribution in [0, 0.1) is 30.5 Å². The minimum atomic E-state index is -0.843. The number of thiophene rings is 1. The van der Waals surface area contributed by atoms with Gasteiger partial charge in [0.25, 0.3) is 0 Å². The van der Waals surface area contributed by atoms with E-state index >= 15 is 4.39 Å². The highest BCUT2D eigenvalue weighted by atomic mass is 35.5. The summed E-state index contributed by atoms with van der Waals surface area (Å²) in [7, 11) is 0. The number of aliphatic carboxylic acids is 1. The van der Waals surface area contributed by atoms with Gasteiger partial charge < -0.3 is 15.4 Å². The molecule has 4 heterocycles. The summed E-state index contributed by atoms with van der Waals surface area (Å²) in [5.74, 6) is -1.48. The highest BCUT2D eigenvalue weighted by Gasteiger charge is 2.47. The van der Waals surface area contributed by atoms with Gasteiger partial charge in [0.05, 0.1) is 22.6 Å². The van der Waals surface area contributed by atoms with E-state index in [1.54, 1.807) is 6.20 Å². The molecule has 0 aromatic carbocycles. The van der Waals surface area contributed by atoms with Crippen molar-refractivity contribution >= 4 is 45.9 Å². The molecule has 3 aliphatic carbocycles. The Morgan fingerprint density at radius 2 is 1.97 bits per heavy atom. The third-order valence-electron chi connectivity index (χ3n) is 7.22. The Kier molecular flexibility index (Phi) is 5.45. The summed E-state index contributed by atoms with van der Waals surface area (Å²) < 4.78 is 15.9. The predicted octanol–water partition coefficient (Wildman–Crippen LogP) is 5.55. The van der Waals surface area contributed by atoms with Gasteiger partial charge in [-0.3, -0.25) is 4.79 Å². The lowest BCUT2D eigenvalue weighted by Crippen LogP contribution is -2.51. The fraction of sp³-hybridized carbons (Fsp3) is 0.375. The number of nitrogens with zero attached hydrogens (tertiary/aromatic N) is 4. The van der Waals surface area contributed by atoms with Crippen molar-refractivity contribution in [2.75, 3.05) is 5.32 Å². The van der Waals surface area contributed by atoms with Gasteiger partial charge in [-0.25, -0.2) is 24.3 Å². The van der Waals surface area contributed by atoms with Gasteiger partial charge >= 0.3 is 5.97 Å². The molecule has 3 saturated carbocycles. The molecular formula is C24H22ClFN6O2S. The number of rotatable bonds is 5. The topological polar surface area (TPSA) is 117 Å². The monoisotopic (exact) mass is 512 g/mol. The first-order valence-corrected chi connectivity index (χ1v) is 12.7. The molecule has 11 heteroatoms. The first kappa shape index (κ1) is 22.4. The van der Waals surface area contributed by atoms with Gasteiger partial charge in [-0.1, -0.05) is 11.6 Å². The Hall–Kier alpha value is -3.11. The standard InChI is InChI=1S/C24H22ClFN6O2S/c1-10-2-7-14(35-10)20-17(26)22(30-18-12-5-3-11(4-6-12)16(18)24(33)34)32-21(31-20)13-8-28-23-19(13)27-9-15(25)29-23/h2,7-9,11-12,16,18H,3-6H2,1H3,(H,28,29)(H,33,34)(H,30,31,32). The quantitative estimate of drug-likeness (QED) is 0.321. The number of carboxylic acid groups (broad SMARTS) is 1. The number of nitrogens with one attached hydrogen (secondary N) is 2. The van der Waals surface area contributed by atoms with Crippen LogP contribution in [0.4, 0.5) is 10.2 Å². The molecular weight excluding hydrogens is 491 g/mol. The zero-order valence-corrected chi connectivity index (χ0v) is 20.3. The second-order valence-corrected chi connectivity index (χ2v) is 10.9. The van der Waals surface area contributed by atoms with Crippen LogP contribution < -0.4 is 5.32 Å². The van der Waals surface area contributed by atoms with E-state index in [2.05, 4.69) is 30.2 Å². The Labute approximate surface area is 209 Å². The molecule has 0 aliphatic heterocycles. The highest BCUT2D eigenvalue weighted by Crippen LogP contribution is 2.47. The van der Waals surface area contributed by atoms with Crippen molar-refractivity contribution in [2.45, 2.75) is 38.6 Å². The zero-order chi connectivity index (χ0) is 24.3. The van der Waals surface area contributed by atoms with Crippen LogP contribution in [0.1, 0.15) is 30.6 Å². The highest BCUT2D eigenvalue weighted by molar-refractivity contribution is 7.15. The van der Waals surface area contributed by atoms with E-state index in [0.717, 1.165) is 30.6 Å². The lowest BCUT2D eigenvalue weighted by Gasteiger charge is -2.47. The summed E-state index contributed by atoms with van der Waals surface area (Å²) in [5.41, 5.74) is 1.71. The first-order valence-electron chi connectivity index (χ1n) is 11.5. The summed E-state index contributed by atoms with van der Waals surface area (Å²) in [5, 5.41) is 13.4. The number of aromatic nitrogens is 5. The normalized spacial score (nSPS) is 23.6. The maximum Gasteiger partial charge on any atom is 0.308 e. The number of hydrogen-bond acceptors (Lipinski definition) is 7. The summed E-state index contributed by atoms with van der Waals surface area (Å²) in [6.45, 7) is 1.95. The van der Waals surface area contributed by atoms with Gasteiger partial charge in [0.2, 0.25) is 0 Å². The molecule has 2 bridgehead atoms. The van der Waals surface area contributed by atoms with Gasteiger partial charge in [0.15, 0.2) is 23.1 Å². The van der Waals surface area contributed by atoms with Crippen LogP contribution >= 0.6 is 22.9 Å². The lowest BCUT2D eigenvalue weighted by atomic mass is 9.61. The molecule has 0 saturated heterocycles. The minimum Gasteiger partial charge on any atom is -0.481 e. The summed E-state index contributed by atoms with van der Waals surface area (Å²) in [4.78, 5) is 34.6. The predicted molar refractivity (Wildman–Crippen MR) is 132 cm³/mol. The average molecular weight is 513 g/mol. The maximum absolute atomic E-state index is 15.9. The van der Waals surface area contributed by atoms with Crippen molar-refractivity contribution in [2.24, 2.45) is 17.8 Å². The van der Waals surface area contributed by atoms with E-state index in [1.807, 2.05) is 19.1 Å².